The predicted octanol–water partition coefficient (Wildman–Crippen LogP) is 0.409. The van der Waals surface area contributed by atoms with E-state index in [4.69, 9.17) is 5.11 Å². The van der Waals surface area contributed by atoms with Crippen molar-refractivity contribution in [3.8, 4) is 0 Å². The van der Waals surface area contributed by atoms with Crippen LogP contribution in [0.3, 0.4) is 0 Å². The molecule has 1 aliphatic rings. The van der Waals surface area contributed by atoms with Crippen molar-refractivity contribution in [2.45, 2.75) is 32.6 Å². The second kappa shape index (κ2) is 4.29. The minimum Gasteiger partial charge on any atom is -0.396 e. The fourth-order valence-electron chi connectivity index (χ4n) is 1.91. The maximum Gasteiger partial charge on any atom is 0.185 e. The van der Waals surface area contributed by atoms with Gasteiger partial charge in [-0.2, -0.15) is 0 Å². The van der Waals surface area contributed by atoms with E-state index < -0.39 is 0 Å². The fraction of sp³-hybridized carbons (Fsp3) is 1.00. The molecule has 12 heavy (non-hydrogen) atoms. The molecule has 0 spiro atoms. The van der Waals surface area contributed by atoms with Gasteiger partial charge >= 0.3 is 0 Å². The molecule has 0 aliphatic carbocycles. The van der Waals surface area contributed by atoms with Gasteiger partial charge in [-0.05, 0) is 44.2 Å². The van der Waals surface area contributed by atoms with Crippen LogP contribution in [-0.4, -0.2) is 37.6 Å². The minimum absolute atomic E-state index is 0.353. The van der Waals surface area contributed by atoms with E-state index in [2.05, 4.69) is 19.7 Å². The van der Waals surface area contributed by atoms with Gasteiger partial charge in [-0.25, -0.2) is 0 Å². The fourth-order valence-corrected chi connectivity index (χ4v) is 1.91. The molecule has 0 unspecified atom stereocenters. The summed E-state index contributed by atoms with van der Waals surface area (Å²) < 4.78 is 0. The summed E-state index contributed by atoms with van der Waals surface area (Å²) in [6.07, 6.45) is 4.75. The topological polar surface area (TPSA) is 23.5 Å². The Kier molecular flexibility index (Phi) is 3.60. The van der Waals surface area contributed by atoms with Gasteiger partial charge in [0.15, 0.2) is 7.98 Å². The molecule has 0 saturated carbocycles. The average Bonchev–Trinajstić information content (AvgIpc) is 2.08. The molecular formula is C9H20BNO. The lowest BCUT2D eigenvalue weighted by atomic mass is 9.76. The number of hydrogen-bond donors (Lipinski definition) is 1. The highest BCUT2D eigenvalue weighted by Crippen LogP contribution is 2.34. The molecule has 3 heteroatoms. The quantitative estimate of drug-likeness (QED) is 0.618. The molecule has 1 N–H and O–H groups in total. The van der Waals surface area contributed by atoms with Crippen LogP contribution in [0.2, 0.25) is 0 Å². The molecule has 0 aromatic rings. The van der Waals surface area contributed by atoms with E-state index in [1.54, 1.807) is 0 Å². The number of rotatable bonds is 3. The van der Waals surface area contributed by atoms with Crippen molar-refractivity contribution in [2.24, 2.45) is 5.41 Å². The maximum atomic E-state index is 8.75. The van der Waals surface area contributed by atoms with Gasteiger partial charge in [-0.15, -0.1) is 0 Å². The van der Waals surface area contributed by atoms with Gasteiger partial charge in [0.05, 0.1) is 0 Å². The Labute approximate surface area is 76.4 Å². The Bertz CT molecular complexity index is 127. The van der Waals surface area contributed by atoms with E-state index in [1.165, 1.54) is 32.4 Å². The lowest BCUT2D eigenvalue weighted by Crippen LogP contribution is -2.37. The summed E-state index contributed by atoms with van der Waals surface area (Å²) in [7, 11) is 2.19. The third-order valence-corrected chi connectivity index (χ3v) is 3.13. The van der Waals surface area contributed by atoms with Crippen LogP contribution >= 0.6 is 0 Å². The highest BCUT2D eigenvalue weighted by Gasteiger charge is 2.27. The smallest absolute Gasteiger partial charge is 0.185 e. The molecule has 1 fully saturated rings. The van der Waals surface area contributed by atoms with E-state index in [-0.39, 0.29) is 0 Å². The van der Waals surface area contributed by atoms with E-state index in [0.717, 1.165) is 6.42 Å². The van der Waals surface area contributed by atoms with Gasteiger partial charge in [-0.1, -0.05) is 6.92 Å². The average molecular weight is 169 g/mol. The van der Waals surface area contributed by atoms with E-state index in [9.17, 15) is 0 Å². The standard InChI is InChI=1S/C9H20BNO/c1-9(3-2-8-12)4-6-11(10)7-5-9/h12H,2-8,10H2,1H3. The van der Waals surface area contributed by atoms with Crippen LogP contribution in [0.15, 0.2) is 0 Å². The Hall–Kier alpha value is -0.0151. The first-order valence-corrected chi connectivity index (χ1v) is 4.96. The first-order valence-electron chi connectivity index (χ1n) is 4.96. The van der Waals surface area contributed by atoms with Crippen molar-refractivity contribution in [2.75, 3.05) is 19.7 Å². The second-order valence-corrected chi connectivity index (χ2v) is 4.44. The Morgan fingerprint density at radius 1 is 1.42 bits per heavy atom. The molecule has 0 radical (unpaired) electrons. The second-order valence-electron chi connectivity index (χ2n) is 4.44. The number of nitrogens with zero attached hydrogens (tertiary/aromatic N) is 1. The monoisotopic (exact) mass is 169 g/mol. The lowest BCUT2D eigenvalue weighted by Gasteiger charge is -2.38. The number of piperidine rings is 1. The number of aliphatic hydroxyl groups is 1. The Morgan fingerprint density at radius 3 is 2.50 bits per heavy atom. The van der Waals surface area contributed by atoms with E-state index in [0.29, 0.717) is 12.0 Å². The summed E-state index contributed by atoms with van der Waals surface area (Å²) in [5, 5.41) is 8.75. The molecular weight excluding hydrogens is 149 g/mol. The van der Waals surface area contributed by atoms with Crippen LogP contribution in [0.25, 0.3) is 0 Å². The van der Waals surface area contributed by atoms with Crippen LogP contribution in [0.5, 0.6) is 0 Å². The minimum atomic E-state index is 0.353. The number of hydrogen-bond acceptors (Lipinski definition) is 2. The van der Waals surface area contributed by atoms with Crippen molar-refractivity contribution < 1.29 is 5.11 Å². The van der Waals surface area contributed by atoms with Gasteiger partial charge in [0.2, 0.25) is 0 Å². The van der Waals surface area contributed by atoms with Crippen molar-refractivity contribution >= 4 is 7.98 Å². The molecule has 70 valence electrons. The third-order valence-electron chi connectivity index (χ3n) is 3.13. The maximum absolute atomic E-state index is 8.75. The molecule has 0 aromatic carbocycles. The van der Waals surface area contributed by atoms with Gasteiger partial charge in [0.25, 0.3) is 0 Å². The summed E-state index contributed by atoms with van der Waals surface area (Å²) in [4.78, 5) is 2.39. The van der Waals surface area contributed by atoms with Crippen LogP contribution < -0.4 is 0 Å². The first-order chi connectivity index (χ1) is 5.66. The summed E-state index contributed by atoms with van der Waals surface area (Å²) in [6.45, 7) is 5.16. The summed E-state index contributed by atoms with van der Waals surface area (Å²) >= 11 is 0. The van der Waals surface area contributed by atoms with Crippen molar-refractivity contribution in [1.29, 1.82) is 0 Å². The third kappa shape index (κ3) is 2.79. The Balaban J connectivity index is 2.29. The zero-order valence-electron chi connectivity index (χ0n) is 8.34. The largest absolute Gasteiger partial charge is 0.396 e. The van der Waals surface area contributed by atoms with Crippen molar-refractivity contribution in [1.82, 2.24) is 4.81 Å². The zero-order valence-corrected chi connectivity index (χ0v) is 8.34. The SMILES string of the molecule is BN1CCC(C)(CCCO)CC1. The molecule has 2 nitrogen and oxygen atoms in total. The molecule has 1 saturated heterocycles. The van der Waals surface area contributed by atoms with Gasteiger partial charge < -0.3 is 9.92 Å². The van der Waals surface area contributed by atoms with Gasteiger partial charge in [0.1, 0.15) is 0 Å². The highest BCUT2D eigenvalue weighted by molar-refractivity contribution is 6.04. The van der Waals surface area contributed by atoms with Crippen molar-refractivity contribution in [3.05, 3.63) is 0 Å². The number of aliphatic hydroxyl groups excluding tert-OH is 1. The van der Waals surface area contributed by atoms with Gasteiger partial charge in [0, 0.05) is 6.61 Å². The van der Waals surface area contributed by atoms with Crippen LogP contribution in [0.1, 0.15) is 32.6 Å². The van der Waals surface area contributed by atoms with E-state index in [1.807, 2.05) is 0 Å². The summed E-state index contributed by atoms with van der Waals surface area (Å²) in [6, 6.07) is 0. The lowest BCUT2D eigenvalue weighted by molar-refractivity contribution is 0.147. The highest BCUT2D eigenvalue weighted by atomic mass is 16.2. The molecule has 1 rings (SSSR count). The van der Waals surface area contributed by atoms with Crippen LogP contribution in [0, 0.1) is 5.41 Å². The molecule has 0 bridgehead atoms. The van der Waals surface area contributed by atoms with Crippen molar-refractivity contribution in [3.63, 3.8) is 0 Å². The van der Waals surface area contributed by atoms with E-state index >= 15 is 0 Å². The predicted molar refractivity (Wildman–Crippen MR) is 53.8 cm³/mol. The molecule has 0 atom stereocenters. The first kappa shape index (κ1) is 10.1. The van der Waals surface area contributed by atoms with Gasteiger partial charge in [-0.3, -0.25) is 0 Å². The summed E-state index contributed by atoms with van der Waals surface area (Å²) in [5.41, 5.74) is 0.509. The summed E-state index contributed by atoms with van der Waals surface area (Å²) in [5.74, 6) is 0. The molecule has 0 aromatic heterocycles. The zero-order chi connectivity index (χ0) is 9.03. The molecule has 1 aliphatic heterocycles. The molecule has 1 heterocycles. The normalized spacial score (nSPS) is 24.2. The van der Waals surface area contributed by atoms with Crippen LogP contribution in [-0.2, 0) is 0 Å². The Morgan fingerprint density at radius 2 is 2.00 bits per heavy atom. The molecule has 0 amide bonds. The van der Waals surface area contributed by atoms with Crippen LogP contribution in [0.4, 0.5) is 0 Å².